The molecule has 1 aliphatic rings. The van der Waals surface area contributed by atoms with Gasteiger partial charge in [-0.1, -0.05) is 24.3 Å². The Kier molecular flexibility index (Phi) is 11.6. The Morgan fingerprint density at radius 1 is 1.00 bits per heavy atom. The zero-order valence-corrected chi connectivity index (χ0v) is 21.6. The molecule has 0 saturated carbocycles. The second-order valence-corrected chi connectivity index (χ2v) is 7.43. The Hall–Kier alpha value is -2.04. The Morgan fingerprint density at radius 3 is 2.38 bits per heavy atom. The minimum atomic E-state index is 0. The van der Waals surface area contributed by atoms with Gasteiger partial charge in [-0.25, -0.2) is 4.99 Å². The fourth-order valence-electron chi connectivity index (χ4n) is 3.46. The molecule has 0 spiro atoms. The second kappa shape index (κ2) is 14.2. The normalized spacial score (nSPS) is 14.4. The van der Waals surface area contributed by atoms with E-state index in [1.807, 2.05) is 18.2 Å². The lowest BCUT2D eigenvalue weighted by Crippen LogP contribution is -2.36. The highest BCUT2D eigenvalue weighted by Gasteiger charge is 2.10. The van der Waals surface area contributed by atoms with E-state index >= 15 is 0 Å². The van der Waals surface area contributed by atoms with Crippen LogP contribution in [0, 0.1) is 0 Å². The molecule has 32 heavy (non-hydrogen) atoms. The minimum Gasteiger partial charge on any atom is -0.497 e. The second-order valence-electron chi connectivity index (χ2n) is 7.43. The van der Waals surface area contributed by atoms with Crippen LogP contribution in [0.4, 0.5) is 0 Å². The van der Waals surface area contributed by atoms with Crippen molar-refractivity contribution in [3.05, 3.63) is 59.2 Å². The molecule has 176 valence electrons. The molecule has 3 rings (SSSR count). The standard InChI is InChI=1S/C24H34N4O3.HI/c1-4-25-24(27-17-21-9-10-22(29-2)15-23(21)30-3)26-16-19-5-7-20(8-6-19)18-28-11-13-31-14-12-28;/h5-10,15H,4,11-14,16-18H2,1-3H3,(H2,25,26,27);1H. The smallest absolute Gasteiger partial charge is 0.191 e. The molecule has 2 aromatic carbocycles. The molecule has 0 unspecified atom stereocenters. The fraction of sp³-hybridized carbons (Fsp3) is 0.458. The summed E-state index contributed by atoms with van der Waals surface area (Å²) < 4.78 is 16.2. The first-order chi connectivity index (χ1) is 15.2. The lowest BCUT2D eigenvalue weighted by Gasteiger charge is -2.26. The summed E-state index contributed by atoms with van der Waals surface area (Å²) in [6.45, 7) is 8.72. The third-order valence-corrected chi connectivity index (χ3v) is 5.24. The molecule has 0 bridgehead atoms. The van der Waals surface area contributed by atoms with Crippen LogP contribution in [0.2, 0.25) is 0 Å². The summed E-state index contributed by atoms with van der Waals surface area (Å²) in [4.78, 5) is 7.16. The van der Waals surface area contributed by atoms with Gasteiger partial charge in [0.2, 0.25) is 0 Å². The van der Waals surface area contributed by atoms with Crippen molar-refractivity contribution in [2.45, 2.75) is 26.6 Å². The molecule has 2 N–H and O–H groups in total. The van der Waals surface area contributed by atoms with Crippen molar-refractivity contribution in [3.63, 3.8) is 0 Å². The molecule has 0 radical (unpaired) electrons. The molecule has 1 saturated heterocycles. The number of halogens is 1. The average Bonchev–Trinajstić information content (AvgIpc) is 2.82. The first-order valence-corrected chi connectivity index (χ1v) is 10.8. The molecule has 0 aromatic heterocycles. The quantitative estimate of drug-likeness (QED) is 0.282. The van der Waals surface area contributed by atoms with E-state index in [9.17, 15) is 0 Å². The molecule has 1 heterocycles. The number of methoxy groups -OCH3 is 2. The van der Waals surface area contributed by atoms with Crippen LogP contribution in [0.3, 0.4) is 0 Å². The number of hydrogen-bond donors (Lipinski definition) is 2. The fourth-order valence-corrected chi connectivity index (χ4v) is 3.46. The molecule has 0 atom stereocenters. The van der Waals surface area contributed by atoms with Gasteiger partial charge in [0.25, 0.3) is 0 Å². The highest BCUT2D eigenvalue weighted by molar-refractivity contribution is 14.0. The predicted molar refractivity (Wildman–Crippen MR) is 139 cm³/mol. The molecule has 0 aliphatic carbocycles. The van der Waals surface area contributed by atoms with Crippen LogP contribution in [0.5, 0.6) is 11.5 Å². The van der Waals surface area contributed by atoms with E-state index in [0.29, 0.717) is 13.1 Å². The zero-order valence-electron chi connectivity index (χ0n) is 19.2. The predicted octanol–water partition coefficient (Wildman–Crippen LogP) is 3.41. The molecular weight excluding hydrogens is 519 g/mol. The number of morpholine rings is 1. The number of nitrogens with zero attached hydrogens (tertiary/aromatic N) is 2. The van der Waals surface area contributed by atoms with Crippen LogP contribution in [0.15, 0.2) is 47.5 Å². The summed E-state index contributed by atoms with van der Waals surface area (Å²) in [6, 6.07) is 14.5. The number of hydrogen-bond acceptors (Lipinski definition) is 5. The molecule has 1 fully saturated rings. The minimum absolute atomic E-state index is 0. The van der Waals surface area contributed by atoms with Gasteiger partial charge in [0, 0.05) is 44.4 Å². The van der Waals surface area contributed by atoms with Crippen molar-refractivity contribution >= 4 is 29.9 Å². The zero-order chi connectivity index (χ0) is 21.9. The van der Waals surface area contributed by atoms with E-state index in [0.717, 1.165) is 62.4 Å². The summed E-state index contributed by atoms with van der Waals surface area (Å²) in [5.74, 6) is 2.34. The Bertz CT molecular complexity index is 840. The number of rotatable bonds is 9. The summed E-state index contributed by atoms with van der Waals surface area (Å²) in [7, 11) is 3.32. The molecule has 7 nitrogen and oxygen atoms in total. The van der Waals surface area contributed by atoms with E-state index in [4.69, 9.17) is 19.2 Å². The van der Waals surface area contributed by atoms with Crippen molar-refractivity contribution in [1.82, 2.24) is 15.5 Å². The van der Waals surface area contributed by atoms with Crippen molar-refractivity contribution in [1.29, 1.82) is 0 Å². The van der Waals surface area contributed by atoms with E-state index in [1.54, 1.807) is 14.2 Å². The van der Waals surface area contributed by atoms with Crippen LogP contribution in [0.25, 0.3) is 0 Å². The number of benzene rings is 2. The van der Waals surface area contributed by atoms with Crippen molar-refractivity contribution < 1.29 is 14.2 Å². The van der Waals surface area contributed by atoms with Gasteiger partial charge in [0.05, 0.1) is 34.0 Å². The van der Waals surface area contributed by atoms with E-state index in [1.165, 1.54) is 11.1 Å². The van der Waals surface area contributed by atoms with Gasteiger partial charge in [-0.15, -0.1) is 24.0 Å². The van der Waals surface area contributed by atoms with Crippen LogP contribution < -0.4 is 20.1 Å². The Balaban J connectivity index is 0.00000363. The SMILES string of the molecule is CCNC(=NCc1ccc(CN2CCOCC2)cc1)NCc1ccc(OC)cc1OC.I. The average molecular weight is 554 g/mol. The maximum Gasteiger partial charge on any atom is 0.191 e. The summed E-state index contributed by atoms with van der Waals surface area (Å²) >= 11 is 0. The Morgan fingerprint density at radius 2 is 1.72 bits per heavy atom. The number of aliphatic imine (C=N–C) groups is 1. The van der Waals surface area contributed by atoms with Crippen molar-refractivity contribution in [3.8, 4) is 11.5 Å². The van der Waals surface area contributed by atoms with E-state index in [-0.39, 0.29) is 24.0 Å². The maximum atomic E-state index is 5.48. The topological polar surface area (TPSA) is 67.4 Å². The highest BCUT2D eigenvalue weighted by atomic mass is 127. The first kappa shape index (κ1) is 26.2. The van der Waals surface area contributed by atoms with E-state index < -0.39 is 0 Å². The number of guanidine groups is 1. The van der Waals surface area contributed by atoms with Gasteiger partial charge in [-0.3, -0.25) is 4.90 Å². The van der Waals surface area contributed by atoms with Gasteiger partial charge in [0.1, 0.15) is 11.5 Å². The molecule has 2 aromatic rings. The molecule has 1 aliphatic heterocycles. The first-order valence-electron chi connectivity index (χ1n) is 10.8. The van der Waals surface area contributed by atoms with Crippen molar-refractivity contribution in [2.75, 3.05) is 47.1 Å². The van der Waals surface area contributed by atoms with Gasteiger partial charge in [0.15, 0.2) is 5.96 Å². The summed E-state index contributed by atoms with van der Waals surface area (Å²) in [5.41, 5.74) is 3.55. The number of ether oxygens (including phenoxy) is 3. The lowest BCUT2D eigenvalue weighted by molar-refractivity contribution is 0.0342. The molecule has 0 amide bonds. The van der Waals surface area contributed by atoms with Crippen molar-refractivity contribution in [2.24, 2.45) is 4.99 Å². The van der Waals surface area contributed by atoms with Gasteiger partial charge >= 0.3 is 0 Å². The molecule has 8 heteroatoms. The molecular formula is C24H35IN4O3. The van der Waals surface area contributed by atoms with Crippen LogP contribution in [0.1, 0.15) is 23.6 Å². The summed E-state index contributed by atoms with van der Waals surface area (Å²) in [6.07, 6.45) is 0. The van der Waals surface area contributed by atoms with Crippen LogP contribution >= 0.6 is 24.0 Å². The third-order valence-electron chi connectivity index (χ3n) is 5.24. The third kappa shape index (κ3) is 8.14. The van der Waals surface area contributed by atoms with Gasteiger partial charge in [-0.05, 0) is 30.2 Å². The Labute approximate surface area is 208 Å². The van der Waals surface area contributed by atoms with Gasteiger partial charge in [-0.2, -0.15) is 0 Å². The summed E-state index contributed by atoms with van der Waals surface area (Å²) in [5, 5.41) is 6.69. The number of nitrogens with one attached hydrogen (secondary N) is 2. The van der Waals surface area contributed by atoms with Crippen LogP contribution in [-0.4, -0.2) is 57.9 Å². The van der Waals surface area contributed by atoms with Crippen LogP contribution in [-0.2, 0) is 24.4 Å². The van der Waals surface area contributed by atoms with E-state index in [2.05, 4.69) is 46.7 Å². The lowest BCUT2D eigenvalue weighted by atomic mass is 10.1. The largest absolute Gasteiger partial charge is 0.497 e. The van der Waals surface area contributed by atoms with Gasteiger partial charge < -0.3 is 24.8 Å². The maximum absolute atomic E-state index is 5.48. The highest BCUT2D eigenvalue weighted by Crippen LogP contribution is 2.24. The monoisotopic (exact) mass is 554 g/mol.